The van der Waals surface area contributed by atoms with Gasteiger partial charge in [0.25, 0.3) is 0 Å². The van der Waals surface area contributed by atoms with Crippen LogP contribution >= 0.6 is 11.3 Å². The predicted molar refractivity (Wildman–Crippen MR) is 87.4 cm³/mol. The summed E-state index contributed by atoms with van der Waals surface area (Å²) < 4.78 is 19.1. The highest BCUT2D eigenvalue weighted by Gasteiger charge is 2.18. The number of hydrogen-bond acceptors (Lipinski definition) is 3. The van der Waals surface area contributed by atoms with Crippen LogP contribution in [0.2, 0.25) is 0 Å². The lowest BCUT2D eigenvalue weighted by molar-refractivity contribution is -0.132. The van der Waals surface area contributed by atoms with Gasteiger partial charge in [0.1, 0.15) is 11.6 Å². The number of carbonyl (C=O) groups is 1. The first-order chi connectivity index (χ1) is 11.2. The number of rotatable bonds is 6. The Morgan fingerprint density at radius 1 is 1.09 bits per heavy atom. The molecule has 0 radical (unpaired) electrons. The molecule has 0 aliphatic carbocycles. The van der Waals surface area contributed by atoms with E-state index in [4.69, 9.17) is 4.42 Å². The number of thiophene rings is 1. The van der Waals surface area contributed by atoms with E-state index in [0.29, 0.717) is 24.4 Å². The number of benzene rings is 1. The number of halogens is 1. The van der Waals surface area contributed by atoms with Crippen LogP contribution in [-0.4, -0.2) is 10.8 Å². The maximum absolute atomic E-state index is 13.8. The topological polar surface area (TPSA) is 33.5 Å². The molecule has 118 valence electrons. The Morgan fingerprint density at radius 2 is 1.96 bits per heavy atom. The Bertz CT molecular complexity index is 717. The molecule has 0 fully saturated rings. The van der Waals surface area contributed by atoms with Crippen molar-refractivity contribution in [1.29, 1.82) is 0 Å². The van der Waals surface area contributed by atoms with E-state index in [2.05, 4.69) is 0 Å². The lowest BCUT2D eigenvalue weighted by atomic mass is 10.1. The molecule has 1 aromatic carbocycles. The summed E-state index contributed by atoms with van der Waals surface area (Å²) in [5.41, 5.74) is 0.410. The van der Waals surface area contributed by atoms with Gasteiger partial charge >= 0.3 is 0 Å². The van der Waals surface area contributed by atoms with Crippen molar-refractivity contribution in [2.24, 2.45) is 0 Å². The normalized spacial score (nSPS) is 10.7. The Hall–Kier alpha value is -2.40. The molecule has 0 spiro atoms. The van der Waals surface area contributed by atoms with Crippen LogP contribution in [0.15, 0.2) is 64.6 Å². The molecule has 0 N–H and O–H groups in total. The van der Waals surface area contributed by atoms with Crippen molar-refractivity contribution >= 4 is 17.2 Å². The van der Waals surface area contributed by atoms with E-state index in [1.165, 1.54) is 6.07 Å². The van der Waals surface area contributed by atoms with Gasteiger partial charge in [0.15, 0.2) is 0 Å². The second-order valence-electron chi connectivity index (χ2n) is 5.18. The molecule has 0 atom stereocenters. The molecule has 23 heavy (non-hydrogen) atoms. The number of nitrogens with zero attached hydrogens (tertiary/aromatic N) is 1. The van der Waals surface area contributed by atoms with Gasteiger partial charge in [-0.15, -0.1) is 11.3 Å². The molecule has 0 unspecified atom stereocenters. The van der Waals surface area contributed by atoms with E-state index >= 15 is 0 Å². The lowest BCUT2D eigenvalue weighted by Gasteiger charge is -2.21. The zero-order valence-corrected chi connectivity index (χ0v) is 13.3. The van der Waals surface area contributed by atoms with Crippen LogP contribution in [0.3, 0.4) is 0 Å². The van der Waals surface area contributed by atoms with Gasteiger partial charge in [-0.3, -0.25) is 4.79 Å². The van der Waals surface area contributed by atoms with Crippen molar-refractivity contribution in [3.05, 3.63) is 82.2 Å². The summed E-state index contributed by atoms with van der Waals surface area (Å²) in [5.74, 6) is 0.235. The fraction of sp³-hybridized carbons (Fsp3) is 0.167. The van der Waals surface area contributed by atoms with Crippen LogP contribution in [0.4, 0.5) is 4.39 Å². The quantitative estimate of drug-likeness (QED) is 0.677. The van der Waals surface area contributed by atoms with Crippen LogP contribution in [0.25, 0.3) is 0 Å². The molecule has 5 heteroatoms. The zero-order chi connectivity index (χ0) is 16.1. The standard InChI is InChI=1S/C18H16FNO2S/c19-17-8-2-1-5-14(17)11-18(21)20(12-15-6-3-9-22-15)13-16-7-4-10-23-16/h1-10H,11-13H2. The smallest absolute Gasteiger partial charge is 0.227 e. The maximum atomic E-state index is 13.8. The molecule has 3 rings (SSSR count). The molecule has 1 amide bonds. The number of furan rings is 1. The van der Waals surface area contributed by atoms with Crippen molar-refractivity contribution in [3.8, 4) is 0 Å². The largest absolute Gasteiger partial charge is 0.467 e. The van der Waals surface area contributed by atoms with E-state index in [1.807, 2.05) is 23.6 Å². The average molecular weight is 329 g/mol. The fourth-order valence-corrected chi connectivity index (χ4v) is 3.05. The molecule has 0 saturated carbocycles. The Kier molecular flexibility index (Phi) is 4.88. The van der Waals surface area contributed by atoms with Gasteiger partial charge in [-0.25, -0.2) is 4.39 Å². The molecule has 0 bridgehead atoms. The van der Waals surface area contributed by atoms with Crippen molar-refractivity contribution in [2.75, 3.05) is 0 Å². The summed E-state index contributed by atoms with van der Waals surface area (Å²) in [6, 6.07) is 13.9. The summed E-state index contributed by atoms with van der Waals surface area (Å²) in [7, 11) is 0. The van der Waals surface area contributed by atoms with Gasteiger partial charge in [-0.2, -0.15) is 0 Å². The van der Waals surface area contributed by atoms with E-state index in [0.717, 1.165) is 4.88 Å². The van der Waals surface area contributed by atoms with E-state index in [-0.39, 0.29) is 18.1 Å². The molecule has 2 aromatic heterocycles. The Labute approximate surface area is 138 Å². The van der Waals surface area contributed by atoms with Crippen molar-refractivity contribution in [3.63, 3.8) is 0 Å². The third-order valence-electron chi connectivity index (χ3n) is 3.51. The highest BCUT2D eigenvalue weighted by molar-refractivity contribution is 7.09. The summed E-state index contributed by atoms with van der Waals surface area (Å²) >= 11 is 1.59. The van der Waals surface area contributed by atoms with Gasteiger partial charge in [0.2, 0.25) is 5.91 Å². The van der Waals surface area contributed by atoms with Crippen molar-refractivity contribution in [2.45, 2.75) is 19.5 Å². The highest BCUT2D eigenvalue weighted by Crippen LogP contribution is 2.17. The third kappa shape index (κ3) is 4.07. The maximum Gasteiger partial charge on any atom is 0.227 e. The predicted octanol–water partition coefficient (Wildman–Crippen LogP) is 4.25. The summed E-state index contributed by atoms with van der Waals surface area (Å²) in [5, 5.41) is 1.97. The van der Waals surface area contributed by atoms with Crippen LogP contribution in [0, 0.1) is 5.82 Å². The Balaban J connectivity index is 1.76. The minimum atomic E-state index is -0.352. The van der Waals surface area contributed by atoms with Crippen LogP contribution in [0.5, 0.6) is 0 Å². The second kappa shape index (κ2) is 7.24. The van der Waals surface area contributed by atoms with Crippen LogP contribution < -0.4 is 0 Å². The highest BCUT2D eigenvalue weighted by atomic mass is 32.1. The molecular formula is C18H16FNO2S. The van der Waals surface area contributed by atoms with E-state index in [9.17, 15) is 9.18 Å². The molecular weight excluding hydrogens is 313 g/mol. The van der Waals surface area contributed by atoms with Gasteiger partial charge < -0.3 is 9.32 Å². The van der Waals surface area contributed by atoms with Gasteiger partial charge in [-0.05, 0) is 35.2 Å². The molecule has 0 aliphatic heterocycles. The first-order valence-electron chi connectivity index (χ1n) is 7.28. The first kappa shape index (κ1) is 15.5. The fourth-order valence-electron chi connectivity index (χ4n) is 2.33. The van der Waals surface area contributed by atoms with E-state index < -0.39 is 0 Å². The molecule has 3 nitrogen and oxygen atoms in total. The number of carbonyl (C=O) groups excluding carboxylic acids is 1. The van der Waals surface area contributed by atoms with Crippen molar-refractivity contribution < 1.29 is 13.6 Å². The Morgan fingerprint density at radius 3 is 2.65 bits per heavy atom. The summed E-state index contributed by atoms with van der Waals surface area (Å²) in [4.78, 5) is 15.4. The molecule has 0 saturated heterocycles. The SMILES string of the molecule is O=C(Cc1ccccc1F)N(Cc1ccco1)Cc1cccs1. The molecule has 2 heterocycles. The first-order valence-corrected chi connectivity index (χ1v) is 8.16. The van der Waals surface area contributed by atoms with Crippen LogP contribution in [0.1, 0.15) is 16.2 Å². The van der Waals surface area contributed by atoms with Crippen molar-refractivity contribution in [1.82, 2.24) is 4.90 Å². The zero-order valence-electron chi connectivity index (χ0n) is 12.4. The number of amides is 1. The lowest BCUT2D eigenvalue weighted by Crippen LogP contribution is -2.31. The minimum absolute atomic E-state index is 0.0404. The van der Waals surface area contributed by atoms with E-state index in [1.54, 1.807) is 46.8 Å². The van der Waals surface area contributed by atoms with Gasteiger partial charge in [-0.1, -0.05) is 24.3 Å². The molecule has 0 aliphatic rings. The third-order valence-corrected chi connectivity index (χ3v) is 4.37. The van der Waals surface area contributed by atoms with Crippen LogP contribution in [-0.2, 0) is 24.3 Å². The number of hydrogen-bond donors (Lipinski definition) is 0. The molecule has 3 aromatic rings. The summed E-state index contributed by atoms with van der Waals surface area (Å²) in [6.45, 7) is 0.865. The van der Waals surface area contributed by atoms with Gasteiger partial charge in [0, 0.05) is 4.88 Å². The second-order valence-corrected chi connectivity index (χ2v) is 6.21. The minimum Gasteiger partial charge on any atom is -0.467 e. The average Bonchev–Trinajstić information content (AvgIpc) is 3.22. The monoisotopic (exact) mass is 329 g/mol. The summed E-state index contributed by atoms with van der Waals surface area (Å²) in [6.07, 6.45) is 1.62. The van der Waals surface area contributed by atoms with Gasteiger partial charge in [0.05, 0.1) is 25.8 Å².